The van der Waals surface area contributed by atoms with Crippen LogP contribution in [0.3, 0.4) is 0 Å². The molecule has 0 saturated heterocycles. The van der Waals surface area contributed by atoms with Crippen LogP contribution in [-0.2, 0) is 11.2 Å². The third kappa shape index (κ3) is 6.54. The highest BCUT2D eigenvalue weighted by molar-refractivity contribution is 5.95. The number of methoxy groups -OCH3 is 1. The van der Waals surface area contributed by atoms with Gasteiger partial charge in [0.25, 0.3) is 0 Å². The smallest absolute Gasteiger partial charge is 0.232 e. The third-order valence-electron chi connectivity index (χ3n) is 6.04. The molecular formula is C31H29F4N3O2. The molecule has 0 unspecified atom stereocenters. The molecule has 0 fully saturated rings. The van der Waals surface area contributed by atoms with Crippen molar-refractivity contribution in [2.45, 2.75) is 27.2 Å². The van der Waals surface area contributed by atoms with Crippen LogP contribution in [0.25, 0.3) is 23.4 Å². The molecule has 0 aliphatic carbocycles. The number of nitrogens with zero attached hydrogens (tertiary/aromatic N) is 3. The highest BCUT2D eigenvalue weighted by Crippen LogP contribution is 2.27. The molecule has 0 spiro atoms. The van der Waals surface area contributed by atoms with E-state index in [2.05, 4.69) is 9.97 Å². The second-order valence-electron chi connectivity index (χ2n) is 8.43. The molecule has 3 aromatic carbocycles. The van der Waals surface area contributed by atoms with Crippen LogP contribution in [0.5, 0.6) is 5.75 Å². The van der Waals surface area contributed by atoms with Gasteiger partial charge in [-0.15, -0.1) is 0 Å². The number of aromatic nitrogens is 2. The van der Waals surface area contributed by atoms with Crippen LogP contribution in [0, 0.1) is 30.2 Å². The van der Waals surface area contributed by atoms with Crippen molar-refractivity contribution in [2.24, 2.45) is 0 Å². The van der Waals surface area contributed by atoms with Crippen LogP contribution in [-0.4, -0.2) is 30.0 Å². The summed E-state index contributed by atoms with van der Waals surface area (Å²) in [5, 5.41) is 0. The Morgan fingerprint density at radius 3 is 2.15 bits per heavy atom. The number of amides is 1. The quantitative estimate of drug-likeness (QED) is 0.136. The minimum atomic E-state index is -1.96. The van der Waals surface area contributed by atoms with Crippen LogP contribution >= 0.6 is 0 Å². The largest absolute Gasteiger partial charge is 0.497 e. The normalized spacial score (nSPS) is 10.7. The van der Waals surface area contributed by atoms with Gasteiger partial charge in [0.2, 0.25) is 5.91 Å². The molecule has 4 aromatic rings. The summed E-state index contributed by atoms with van der Waals surface area (Å²) >= 11 is 0. The lowest BCUT2D eigenvalue weighted by Gasteiger charge is -2.20. The maximum atomic E-state index is 14.4. The summed E-state index contributed by atoms with van der Waals surface area (Å²) < 4.78 is 61.0. The van der Waals surface area contributed by atoms with Crippen LogP contribution < -0.4 is 9.64 Å². The predicted molar refractivity (Wildman–Crippen MR) is 149 cm³/mol. The van der Waals surface area contributed by atoms with Gasteiger partial charge in [-0.1, -0.05) is 50.3 Å². The molecule has 0 radical (unpaired) electrons. The Morgan fingerprint density at radius 1 is 0.900 bits per heavy atom. The van der Waals surface area contributed by atoms with Gasteiger partial charge in [0.05, 0.1) is 25.4 Å². The standard InChI is InChI=1S/C29H23F4N3O2.C2H6/c1-17-21(26(31)28(33)27(32)25(17)30)15-24(37)36(2)29-22(14-9-18-7-5-4-6-8-18)35-23(16-34-29)19-10-12-20(38-3)13-11-19;1-2/h4-14,16H,15H2,1-3H3;1-2H3/b14-9+;. The van der Waals surface area contributed by atoms with Crippen molar-refractivity contribution in [1.29, 1.82) is 0 Å². The van der Waals surface area contributed by atoms with Crippen molar-refractivity contribution in [2.75, 3.05) is 19.1 Å². The summed E-state index contributed by atoms with van der Waals surface area (Å²) in [4.78, 5) is 23.3. The zero-order valence-corrected chi connectivity index (χ0v) is 22.8. The molecule has 0 saturated carbocycles. The van der Waals surface area contributed by atoms with Gasteiger partial charge in [0.1, 0.15) is 11.4 Å². The first-order valence-electron chi connectivity index (χ1n) is 12.5. The number of anilines is 1. The van der Waals surface area contributed by atoms with Gasteiger partial charge in [-0.2, -0.15) is 0 Å². The van der Waals surface area contributed by atoms with Crippen LogP contribution in [0.1, 0.15) is 36.2 Å². The number of carbonyl (C=O) groups is 1. The number of halogens is 4. The first kappa shape index (κ1) is 30.0. The first-order valence-corrected chi connectivity index (χ1v) is 12.5. The molecule has 1 heterocycles. The van der Waals surface area contributed by atoms with Gasteiger partial charge in [-0.3, -0.25) is 9.69 Å². The Kier molecular flexibility index (Phi) is 10.1. The molecule has 0 aliphatic heterocycles. The summed E-state index contributed by atoms with van der Waals surface area (Å²) in [6.45, 7) is 5.08. The Bertz CT molecular complexity index is 1480. The molecule has 5 nitrogen and oxygen atoms in total. The Labute approximate surface area is 230 Å². The molecule has 0 aliphatic rings. The van der Waals surface area contributed by atoms with E-state index in [4.69, 9.17) is 4.74 Å². The predicted octanol–water partition coefficient (Wildman–Crippen LogP) is 7.42. The topological polar surface area (TPSA) is 55.3 Å². The summed E-state index contributed by atoms with van der Waals surface area (Å²) in [5.41, 5.74) is 1.43. The summed E-state index contributed by atoms with van der Waals surface area (Å²) in [6.07, 6.45) is 4.23. The van der Waals surface area contributed by atoms with E-state index in [1.54, 1.807) is 31.4 Å². The van der Waals surface area contributed by atoms with Gasteiger partial charge in [0, 0.05) is 18.2 Å². The number of likely N-dealkylation sites (N-methyl/N-ethyl adjacent to an activating group) is 1. The fraction of sp³-hybridized carbons (Fsp3) is 0.194. The summed E-state index contributed by atoms with van der Waals surface area (Å²) in [5.74, 6) is -6.94. The SMILES string of the molecule is CC.COc1ccc(-c2cnc(N(C)C(=O)Cc3c(C)c(F)c(F)c(F)c3F)c(/C=C/c3ccccc3)n2)cc1. The van der Waals surface area contributed by atoms with Crippen LogP contribution in [0.4, 0.5) is 23.4 Å². The maximum Gasteiger partial charge on any atom is 0.232 e. The van der Waals surface area contributed by atoms with Crippen molar-refractivity contribution in [3.63, 3.8) is 0 Å². The second kappa shape index (κ2) is 13.5. The zero-order valence-electron chi connectivity index (χ0n) is 22.8. The molecule has 0 bridgehead atoms. The monoisotopic (exact) mass is 551 g/mol. The number of benzene rings is 3. The highest BCUT2D eigenvalue weighted by atomic mass is 19.2. The minimum absolute atomic E-state index is 0.139. The van der Waals surface area contributed by atoms with Crippen molar-refractivity contribution >= 4 is 23.9 Å². The second-order valence-corrected chi connectivity index (χ2v) is 8.43. The minimum Gasteiger partial charge on any atom is -0.497 e. The van der Waals surface area contributed by atoms with Gasteiger partial charge in [-0.05, 0) is 48.4 Å². The summed E-state index contributed by atoms with van der Waals surface area (Å²) in [7, 11) is 2.95. The Morgan fingerprint density at radius 2 is 1.52 bits per heavy atom. The van der Waals surface area contributed by atoms with Crippen LogP contribution in [0.15, 0.2) is 60.8 Å². The fourth-order valence-corrected chi connectivity index (χ4v) is 3.79. The molecule has 0 N–H and O–H groups in total. The van der Waals surface area contributed by atoms with Gasteiger partial charge < -0.3 is 4.74 Å². The molecule has 1 amide bonds. The highest BCUT2D eigenvalue weighted by Gasteiger charge is 2.26. The molecule has 208 valence electrons. The molecular weight excluding hydrogens is 522 g/mol. The van der Waals surface area contributed by atoms with Gasteiger partial charge in [-0.25, -0.2) is 27.5 Å². The van der Waals surface area contributed by atoms with E-state index in [1.807, 2.05) is 56.3 Å². The van der Waals surface area contributed by atoms with E-state index in [0.29, 0.717) is 17.1 Å². The lowest BCUT2D eigenvalue weighted by molar-refractivity contribution is -0.117. The lowest BCUT2D eigenvalue weighted by Crippen LogP contribution is -2.30. The fourth-order valence-electron chi connectivity index (χ4n) is 3.79. The molecule has 1 aromatic heterocycles. The molecule has 4 rings (SSSR count). The number of ether oxygens (including phenoxy) is 1. The van der Waals surface area contributed by atoms with E-state index >= 15 is 0 Å². The Hall–Kier alpha value is -4.53. The average Bonchev–Trinajstić information content (AvgIpc) is 3.01. The average molecular weight is 552 g/mol. The number of hydrogen-bond donors (Lipinski definition) is 0. The first-order chi connectivity index (χ1) is 19.2. The lowest BCUT2D eigenvalue weighted by atomic mass is 10.0. The molecule has 40 heavy (non-hydrogen) atoms. The number of rotatable bonds is 7. The number of hydrogen-bond acceptors (Lipinski definition) is 4. The van der Waals surface area contributed by atoms with E-state index in [-0.39, 0.29) is 5.82 Å². The maximum absolute atomic E-state index is 14.4. The van der Waals surface area contributed by atoms with E-state index in [0.717, 1.165) is 23.0 Å². The number of carbonyl (C=O) groups excluding carboxylic acids is 1. The third-order valence-corrected chi connectivity index (χ3v) is 6.04. The van der Waals surface area contributed by atoms with Crippen molar-refractivity contribution in [3.05, 3.63) is 106 Å². The van der Waals surface area contributed by atoms with Crippen molar-refractivity contribution < 1.29 is 27.1 Å². The van der Waals surface area contributed by atoms with Crippen LogP contribution in [0.2, 0.25) is 0 Å². The van der Waals surface area contributed by atoms with Crippen molar-refractivity contribution in [3.8, 4) is 17.0 Å². The summed E-state index contributed by atoms with van der Waals surface area (Å²) in [6, 6.07) is 16.6. The van der Waals surface area contributed by atoms with E-state index in [1.165, 1.54) is 13.2 Å². The van der Waals surface area contributed by atoms with E-state index < -0.39 is 46.7 Å². The zero-order chi connectivity index (χ0) is 29.4. The Balaban J connectivity index is 0.00000216. The molecule has 9 heteroatoms. The van der Waals surface area contributed by atoms with E-state index in [9.17, 15) is 22.4 Å². The van der Waals surface area contributed by atoms with Crippen molar-refractivity contribution in [1.82, 2.24) is 9.97 Å². The van der Waals surface area contributed by atoms with Gasteiger partial charge >= 0.3 is 0 Å². The molecule has 0 atom stereocenters. The van der Waals surface area contributed by atoms with Gasteiger partial charge in [0.15, 0.2) is 29.1 Å².